The molecule has 112 valence electrons. The third-order valence-corrected chi connectivity index (χ3v) is 4.53. The first-order chi connectivity index (χ1) is 9.94. The molecule has 5 nitrogen and oxygen atoms in total. The zero-order chi connectivity index (χ0) is 15.5. The van der Waals surface area contributed by atoms with Crippen molar-refractivity contribution < 1.29 is 17.9 Å². The molecule has 0 radical (unpaired) electrons. The molecule has 0 atom stereocenters. The van der Waals surface area contributed by atoms with E-state index in [-0.39, 0.29) is 22.0 Å². The first kappa shape index (κ1) is 15.8. The van der Waals surface area contributed by atoms with Gasteiger partial charge in [0, 0.05) is 11.8 Å². The van der Waals surface area contributed by atoms with Crippen LogP contribution in [-0.2, 0) is 23.2 Å². The molecule has 2 N–H and O–H groups in total. The lowest BCUT2D eigenvalue weighted by Crippen LogP contribution is -2.24. The van der Waals surface area contributed by atoms with Crippen LogP contribution in [0.25, 0.3) is 0 Å². The summed E-state index contributed by atoms with van der Waals surface area (Å²) in [7, 11) is -3.93. The van der Waals surface area contributed by atoms with Crippen LogP contribution in [0, 0.1) is 5.82 Å². The van der Waals surface area contributed by atoms with Crippen molar-refractivity contribution in [3.63, 3.8) is 0 Å². The lowest BCUT2D eigenvalue weighted by molar-refractivity contribution is 0.281. The summed E-state index contributed by atoms with van der Waals surface area (Å²) in [6, 6.07) is 7.03. The van der Waals surface area contributed by atoms with E-state index in [0.29, 0.717) is 5.69 Å². The highest BCUT2D eigenvalue weighted by atomic mass is 35.5. The van der Waals surface area contributed by atoms with Gasteiger partial charge in [0.2, 0.25) is 10.0 Å². The molecule has 0 fully saturated rings. The molecule has 8 heteroatoms. The molecule has 0 saturated heterocycles. The quantitative estimate of drug-likeness (QED) is 0.876. The van der Waals surface area contributed by atoms with Crippen molar-refractivity contribution in [1.29, 1.82) is 0 Å². The summed E-state index contributed by atoms with van der Waals surface area (Å²) in [6.45, 7) is -0.582. The normalized spacial score (nSPS) is 11.6. The molecule has 21 heavy (non-hydrogen) atoms. The number of hydrogen-bond donors (Lipinski definition) is 2. The summed E-state index contributed by atoms with van der Waals surface area (Å²) < 4.78 is 40.1. The van der Waals surface area contributed by atoms with Gasteiger partial charge in [-0.15, -0.1) is 0 Å². The second kappa shape index (κ2) is 6.48. The number of hydrogen-bond acceptors (Lipinski definition) is 4. The number of halogens is 2. The van der Waals surface area contributed by atoms with E-state index < -0.39 is 22.4 Å². The Kier molecular flexibility index (Phi) is 4.89. The maximum atomic E-state index is 13.6. The molecule has 0 bridgehead atoms. The minimum absolute atomic E-state index is 0.00915. The molecule has 0 aliphatic heterocycles. The van der Waals surface area contributed by atoms with Crippen molar-refractivity contribution >= 4 is 21.6 Å². The van der Waals surface area contributed by atoms with Gasteiger partial charge in [0.15, 0.2) is 0 Å². The highest BCUT2D eigenvalue weighted by molar-refractivity contribution is 7.89. The van der Waals surface area contributed by atoms with Gasteiger partial charge in [-0.2, -0.15) is 0 Å². The molecule has 0 amide bonds. The standard InChI is InChI=1S/C13H12ClFN2O3S/c14-13-9(8-18)5-11(6-12(13)15)21(19,20)17-7-10-3-1-2-4-16-10/h1-6,17-18H,7-8H2. The minimum atomic E-state index is -3.93. The fraction of sp³-hybridized carbons (Fsp3) is 0.154. The van der Waals surface area contributed by atoms with Gasteiger partial charge >= 0.3 is 0 Å². The third-order valence-electron chi connectivity index (χ3n) is 2.73. The summed E-state index contributed by atoms with van der Waals surface area (Å²) in [5.41, 5.74) is 0.535. The van der Waals surface area contributed by atoms with Crippen LogP contribution in [0.3, 0.4) is 0 Å². The molecule has 1 heterocycles. The molecule has 1 aromatic heterocycles. The van der Waals surface area contributed by atoms with Crippen LogP contribution >= 0.6 is 11.6 Å². The topological polar surface area (TPSA) is 79.3 Å². The Morgan fingerprint density at radius 1 is 1.33 bits per heavy atom. The Labute approximate surface area is 126 Å². The van der Waals surface area contributed by atoms with Gasteiger partial charge in [0.1, 0.15) is 5.82 Å². The summed E-state index contributed by atoms with van der Waals surface area (Å²) in [5, 5.41) is 8.77. The second-order valence-corrected chi connectivity index (χ2v) is 6.33. The smallest absolute Gasteiger partial charge is 0.241 e. The highest BCUT2D eigenvalue weighted by Gasteiger charge is 2.18. The summed E-state index contributed by atoms with van der Waals surface area (Å²) in [4.78, 5) is 3.68. The van der Waals surface area contributed by atoms with E-state index >= 15 is 0 Å². The molecule has 2 rings (SSSR count). The van der Waals surface area contributed by atoms with Crippen molar-refractivity contribution in [2.75, 3.05) is 0 Å². The Balaban J connectivity index is 2.25. The monoisotopic (exact) mass is 330 g/mol. The van der Waals surface area contributed by atoms with Crippen molar-refractivity contribution in [3.05, 3.63) is 58.6 Å². The maximum Gasteiger partial charge on any atom is 0.241 e. The number of rotatable bonds is 5. The number of aliphatic hydroxyl groups is 1. The predicted molar refractivity (Wildman–Crippen MR) is 75.6 cm³/mol. The maximum absolute atomic E-state index is 13.6. The van der Waals surface area contributed by atoms with Gasteiger partial charge in [0.25, 0.3) is 0 Å². The largest absolute Gasteiger partial charge is 0.392 e. The average molecular weight is 331 g/mol. The number of nitrogens with zero attached hydrogens (tertiary/aromatic N) is 1. The molecular formula is C13H12ClFN2O3S. The SMILES string of the molecule is O=S(=O)(NCc1ccccn1)c1cc(F)c(Cl)c(CO)c1. The summed E-state index contributed by atoms with van der Waals surface area (Å²) in [6.07, 6.45) is 1.54. The fourth-order valence-corrected chi connectivity index (χ4v) is 2.87. The number of nitrogens with one attached hydrogen (secondary N) is 1. The van der Waals surface area contributed by atoms with E-state index in [4.69, 9.17) is 16.7 Å². The van der Waals surface area contributed by atoms with Crippen LogP contribution < -0.4 is 4.72 Å². The molecule has 0 aliphatic rings. The van der Waals surface area contributed by atoms with Gasteiger partial charge in [0.05, 0.1) is 28.8 Å². The zero-order valence-electron chi connectivity index (χ0n) is 10.8. The number of benzene rings is 1. The minimum Gasteiger partial charge on any atom is -0.392 e. The van der Waals surface area contributed by atoms with Crippen LogP contribution in [0.5, 0.6) is 0 Å². The molecule has 0 unspecified atom stereocenters. The lowest BCUT2D eigenvalue weighted by atomic mass is 10.2. The lowest BCUT2D eigenvalue weighted by Gasteiger charge is -2.09. The van der Waals surface area contributed by atoms with Crippen molar-refractivity contribution in [2.24, 2.45) is 0 Å². The van der Waals surface area contributed by atoms with E-state index in [1.54, 1.807) is 18.2 Å². The Morgan fingerprint density at radius 2 is 2.10 bits per heavy atom. The van der Waals surface area contributed by atoms with Crippen molar-refractivity contribution in [2.45, 2.75) is 18.0 Å². The van der Waals surface area contributed by atoms with E-state index in [1.807, 2.05) is 0 Å². The number of aromatic nitrogens is 1. The first-order valence-corrected chi connectivity index (χ1v) is 7.78. The van der Waals surface area contributed by atoms with Crippen LogP contribution in [-0.4, -0.2) is 18.5 Å². The molecular weight excluding hydrogens is 319 g/mol. The van der Waals surface area contributed by atoms with Crippen LogP contribution in [0.1, 0.15) is 11.3 Å². The molecule has 0 saturated carbocycles. The fourth-order valence-electron chi connectivity index (χ4n) is 1.64. The summed E-state index contributed by atoms with van der Waals surface area (Å²) in [5.74, 6) is -0.901. The van der Waals surface area contributed by atoms with Crippen LogP contribution in [0.15, 0.2) is 41.4 Å². The Morgan fingerprint density at radius 3 is 2.71 bits per heavy atom. The molecule has 0 aliphatic carbocycles. The molecule has 2 aromatic rings. The van der Waals surface area contributed by atoms with Gasteiger partial charge in [-0.25, -0.2) is 17.5 Å². The van der Waals surface area contributed by atoms with E-state index in [1.165, 1.54) is 6.20 Å². The van der Waals surface area contributed by atoms with Crippen molar-refractivity contribution in [3.8, 4) is 0 Å². The predicted octanol–water partition coefficient (Wildman–Crippen LogP) is 1.84. The van der Waals surface area contributed by atoms with Crippen molar-refractivity contribution in [1.82, 2.24) is 9.71 Å². The van der Waals surface area contributed by atoms with Crippen LogP contribution in [0.2, 0.25) is 5.02 Å². The number of aliphatic hydroxyl groups excluding tert-OH is 1. The first-order valence-electron chi connectivity index (χ1n) is 5.92. The average Bonchev–Trinajstić information content (AvgIpc) is 2.49. The third kappa shape index (κ3) is 3.76. The Hall–Kier alpha value is -1.54. The number of pyridine rings is 1. The molecule has 0 spiro atoms. The van der Waals surface area contributed by atoms with Gasteiger partial charge < -0.3 is 5.11 Å². The van der Waals surface area contributed by atoms with Gasteiger partial charge in [-0.05, 0) is 24.3 Å². The number of sulfonamides is 1. The van der Waals surface area contributed by atoms with E-state index in [0.717, 1.165) is 12.1 Å². The van der Waals surface area contributed by atoms with E-state index in [9.17, 15) is 12.8 Å². The van der Waals surface area contributed by atoms with Crippen LogP contribution in [0.4, 0.5) is 4.39 Å². The molecule has 1 aromatic carbocycles. The Bertz CT molecular complexity index is 739. The summed E-state index contributed by atoms with van der Waals surface area (Å²) >= 11 is 5.63. The van der Waals surface area contributed by atoms with E-state index in [2.05, 4.69) is 9.71 Å². The zero-order valence-corrected chi connectivity index (χ0v) is 12.3. The van der Waals surface area contributed by atoms with Gasteiger partial charge in [-0.1, -0.05) is 17.7 Å². The van der Waals surface area contributed by atoms with Gasteiger partial charge in [-0.3, -0.25) is 4.98 Å². The second-order valence-electron chi connectivity index (χ2n) is 4.18. The highest BCUT2D eigenvalue weighted by Crippen LogP contribution is 2.24.